The molecule has 2 heteroatoms. The predicted octanol–water partition coefficient (Wildman–Crippen LogP) is 3.06. The van der Waals surface area contributed by atoms with Gasteiger partial charge in [0.25, 0.3) is 0 Å². The van der Waals surface area contributed by atoms with Crippen molar-refractivity contribution in [2.24, 2.45) is 11.8 Å². The topological polar surface area (TPSA) is 3.24 Å². The molecule has 1 atom stereocenters. The van der Waals surface area contributed by atoms with Crippen molar-refractivity contribution < 1.29 is 0 Å². The van der Waals surface area contributed by atoms with E-state index in [1.807, 2.05) is 0 Å². The molecule has 14 heavy (non-hydrogen) atoms. The lowest BCUT2D eigenvalue weighted by atomic mass is 9.97. The molecular formula is C12H25NS. The molecule has 84 valence electrons. The highest BCUT2D eigenvalue weighted by Crippen LogP contribution is 2.28. The van der Waals surface area contributed by atoms with Crippen LogP contribution in [0.5, 0.6) is 0 Å². The van der Waals surface area contributed by atoms with E-state index in [1.165, 1.54) is 32.4 Å². The Hall–Kier alpha value is 0.310. The molecule has 0 amide bonds. The fourth-order valence-corrected chi connectivity index (χ4v) is 2.47. The summed E-state index contributed by atoms with van der Waals surface area (Å²) in [5.74, 6) is 2.57. The summed E-state index contributed by atoms with van der Waals surface area (Å²) in [4.78, 5) is 2.68. The van der Waals surface area contributed by atoms with Crippen molar-refractivity contribution in [1.29, 1.82) is 0 Å². The van der Waals surface area contributed by atoms with E-state index in [-0.39, 0.29) is 0 Å². The fraction of sp³-hybridized carbons (Fsp3) is 1.00. The van der Waals surface area contributed by atoms with Gasteiger partial charge in [-0.05, 0) is 43.4 Å². The molecule has 1 aliphatic rings. The second-order valence-corrected chi connectivity index (χ2v) is 5.28. The number of rotatable bonds is 7. The largest absolute Gasteiger partial charge is 0.300 e. The maximum Gasteiger partial charge on any atom is 0.00965 e. The van der Waals surface area contributed by atoms with E-state index < -0.39 is 0 Å². The molecule has 0 bridgehead atoms. The normalized spacial score (nSPS) is 19.3. The molecule has 0 aliphatic heterocycles. The monoisotopic (exact) mass is 215 g/mol. The SMILES string of the molecule is CCCN(CC(CS)C(C)C)C1CC1. The van der Waals surface area contributed by atoms with Gasteiger partial charge in [0.05, 0.1) is 0 Å². The maximum atomic E-state index is 4.46. The van der Waals surface area contributed by atoms with Crippen LogP contribution in [-0.4, -0.2) is 29.8 Å². The zero-order chi connectivity index (χ0) is 10.6. The number of hydrogen-bond acceptors (Lipinski definition) is 2. The summed E-state index contributed by atoms with van der Waals surface area (Å²) in [7, 11) is 0. The highest BCUT2D eigenvalue weighted by Gasteiger charge is 2.30. The van der Waals surface area contributed by atoms with Gasteiger partial charge in [0.1, 0.15) is 0 Å². The molecule has 1 saturated carbocycles. The van der Waals surface area contributed by atoms with Gasteiger partial charge in [0.2, 0.25) is 0 Å². The molecule has 1 fully saturated rings. The Bertz CT molecular complexity index is 154. The van der Waals surface area contributed by atoms with Gasteiger partial charge < -0.3 is 4.90 Å². The van der Waals surface area contributed by atoms with Crippen molar-refractivity contribution in [2.75, 3.05) is 18.8 Å². The van der Waals surface area contributed by atoms with E-state index in [0.717, 1.165) is 23.6 Å². The van der Waals surface area contributed by atoms with Crippen LogP contribution in [0.3, 0.4) is 0 Å². The highest BCUT2D eigenvalue weighted by atomic mass is 32.1. The summed E-state index contributed by atoms with van der Waals surface area (Å²) < 4.78 is 0. The molecule has 0 spiro atoms. The molecular weight excluding hydrogens is 190 g/mol. The van der Waals surface area contributed by atoms with Crippen molar-refractivity contribution in [3.63, 3.8) is 0 Å². The van der Waals surface area contributed by atoms with Crippen molar-refractivity contribution >= 4 is 12.6 Å². The number of nitrogens with zero attached hydrogens (tertiary/aromatic N) is 1. The third-order valence-corrected chi connectivity index (χ3v) is 3.69. The van der Waals surface area contributed by atoms with Gasteiger partial charge in [-0.1, -0.05) is 20.8 Å². The van der Waals surface area contributed by atoms with Crippen LogP contribution in [-0.2, 0) is 0 Å². The van der Waals surface area contributed by atoms with E-state index in [4.69, 9.17) is 0 Å². The number of thiol groups is 1. The van der Waals surface area contributed by atoms with E-state index in [0.29, 0.717) is 0 Å². The van der Waals surface area contributed by atoms with Crippen LogP contribution in [0, 0.1) is 11.8 Å². The van der Waals surface area contributed by atoms with E-state index in [1.54, 1.807) is 0 Å². The third kappa shape index (κ3) is 3.82. The summed E-state index contributed by atoms with van der Waals surface area (Å²) in [6.45, 7) is 9.46. The van der Waals surface area contributed by atoms with Gasteiger partial charge in [0.15, 0.2) is 0 Å². The average molecular weight is 215 g/mol. The zero-order valence-electron chi connectivity index (χ0n) is 9.87. The van der Waals surface area contributed by atoms with Crippen LogP contribution in [0.25, 0.3) is 0 Å². The number of hydrogen-bond donors (Lipinski definition) is 1. The van der Waals surface area contributed by atoms with Gasteiger partial charge in [0, 0.05) is 12.6 Å². The van der Waals surface area contributed by atoms with Crippen LogP contribution in [0.1, 0.15) is 40.0 Å². The molecule has 1 unspecified atom stereocenters. The summed E-state index contributed by atoms with van der Waals surface area (Å²) in [5, 5.41) is 0. The Morgan fingerprint density at radius 3 is 2.36 bits per heavy atom. The average Bonchev–Trinajstić information content (AvgIpc) is 2.94. The first-order valence-electron chi connectivity index (χ1n) is 6.04. The molecule has 0 aromatic carbocycles. The molecule has 1 nitrogen and oxygen atoms in total. The van der Waals surface area contributed by atoms with Crippen LogP contribution in [0.15, 0.2) is 0 Å². The standard InChI is InChI=1S/C12H25NS/c1-4-7-13(12-5-6-12)8-11(9-14)10(2)3/h10-12,14H,4-9H2,1-3H3. The summed E-state index contributed by atoms with van der Waals surface area (Å²) in [6.07, 6.45) is 4.14. The molecule has 1 aliphatic carbocycles. The van der Waals surface area contributed by atoms with Gasteiger partial charge >= 0.3 is 0 Å². The molecule has 0 N–H and O–H groups in total. The predicted molar refractivity (Wildman–Crippen MR) is 67.1 cm³/mol. The van der Waals surface area contributed by atoms with Gasteiger partial charge in [-0.2, -0.15) is 12.6 Å². The lowest BCUT2D eigenvalue weighted by Gasteiger charge is -2.28. The van der Waals surface area contributed by atoms with Gasteiger partial charge in [-0.3, -0.25) is 0 Å². The Balaban J connectivity index is 2.35. The minimum absolute atomic E-state index is 0.769. The molecule has 0 aromatic rings. The molecule has 0 aromatic heterocycles. The third-order valence-electron chi connectivity index (χ3n) is 3.22. The quantitative estimate of drug-likeness (QED) is 0.639. The molecule has 0 heterocycles. The van der Waals surface area contributed by atoms with Crippen molar-refractivity contribution in [3.05, 3.63) is 0 Å². The van der Waals surface area contributed by atoms with Crippen molar-refractivity contribution in [2.45, 2.75) is 46.1 Å². The van der Waals surface area contributed by atoms with E-state index in [2.05, 4.69) is 38.3 Å². The maximum absolute atomic E-state index is 4.46. The second kappa shape index (κ2) is 6.02. The highest BCUT2D eigenvalue weighted by molar-refractivity contribution is 7.80. The Morgan fingerprint density at radius 2 is 2.00 bits per heavy atom. The first kappa shape index (κ1) is 12.4. The van der Waals surface area contributed by atoms with Crippen LogP contribution >= 0.6 is 12.6 Å². The second-order valence-electron chi connectivity index (χ2n) is 4.91. The van der Waals surface area contributed by atoms with E-state index in [9.17, 15) is 0 Å². The van der Waals surface area contributed by atoms with Crippen LogP contribution in [0.4, 0.5) is 0 Å². The molecule has 0 saturated heterocycles. The smallest absolute Gasteiger partial charge is 0.00965 e. The Labute approximate surface area is 94.7 Å². The van der Waals surface area contributed by atoms with Crippen LogP contribution < -0.4 is 0 Å². The van der Waals surface area contributed by atoms with E-state index >= 15 is 0 Å². The minimum atomic E-state index is 0.769. The summed E-state index contributed by atoms with van der Waals surface area (Å²) >= 11 is 4.46. The first-order chi connectivity index (χ1) is 6.69. The summed E-state index contributed by atoms with van der Waals surface area (Å²) in [6, 6.07) is 0.913. The Morgan fingerprint density at radius 1 is 1.36 bits per heavy atom. The summed E-state index contributed by atoms with van der Waals surface area (Å²) in [5.41, 5.74) is 0. The zero-order valence-corrected chi connectivity index (χ0v) is 10.8. The van der Waals surface area contributed by atoms with Gasteiger partial charge in [-0.15, -0.1) is 0 Å². The molecule has 1 rings (SSSR count). The minimum Gasteiger partial charge on any atom is -0.300 e. The lowest BCUT2D eigenvalue weighted by molar-refractivity contribution is 0.206. The fourth-order valence-electron chi connectivity index (χ4n) is 1.93. The molecule has 0 radical (unpaired) electrons. The first-order valence-corrected chi connectivity index (χ1v) is 6.67. The Kier molecular flexibility index (Phi) is 5.32. The van der Waals surface area contributed by atoms with Crippen LogP contribution in [0.2, 0.25) is 0 Å². The van der Waals surface area contributed by atoms with Gasteiger partial charge in [-0.25, -0.2) is 0 Å². The van der Waals surface area contributed by atoms with Crippen molar-refractivity contribution in [1.82, 2.24) is 4.90 Å². The van der Waals surface area contributed by atoms with Crippen molar-refractivity contribution in [3.8, 4) is 0 Å². The lowest BCUT2D eigenvalue weighted by Crippen LogP contribution is -2.34.